The van der Waals surface area contributed by atoms with Gasteiger partial charge in [-0.3, -0.25) is 0 Å². The number of urea groups is 1. The first-order valence-electron chi connectivity index (χ1n) is 7.76. The fraction of sp³-hybridized carbons (Fsp3) is 0.562. The van der Waals surface area contributed by atoms with E-state index in [2.05, 4.69) is 10.2 Å². The molecule has 1 N–H and O–H groups in total. The molecule has 24 heavy (non-hydrogen) atoms. The molecule has 1 aromatic carbocycles. The van der Waals surface area contributed by atoms with Crippen LogP contribution in [0.1, 0.15) is 18.0 Å². The van der Waals surface area contributed by atoms with Crippen LogP contribution >= 0.6 is 0 Å². The SMILES string of the molecule is COc1ccc(C(NC(=O)N2CCCN(C)CC2)C(F)(F)F)cc1. The molecule has 1 aliphatic rings. The summed E-state index contributed by atoms with van der Waals surface area (Å²) in [5.74, 6) is 0.460. The van der Waals surface area contributed by atoms with Crippen LogP contribution in [0.4, 0.5) is 18.0 Å². The average molecular weight is 345 g/mol. The van der Waals surface area contributed by atoms with Gasteiger partial charge in [-0.05, 0) is 37.7 Å². The van der Waals surface area contributed by atoms with Crippen LogP contribution in [0.3, 0.4) is 0 Å². The molecule has 2 amide bonds. The summed E-state index contributed by atoms with van der Waals surface area (Å²) in [6.07, 6.45) is -3.84. The van der Waals surface area contributed by atoms with E-state index in [4.69, 9.17) is 4.74 Å². The molecule has 0 aliphatic carbocycles. The highest BCUT2D eigenvalue weighted by molar-refractivity contribution is 5.75. The van der Waals surface area contributed by atoms with E-state index in [1.54, 1.807) is 0 Å². The Balaban J connectivity index is 2.12. The predicted molar refractivity (Wildman–Crippen MR) is 84.0 cm³/mol. The number of halogens is 3. The van der Waals surface area contributed by atoms with Crippen LogP contribution in [0, 0.1) is 0 Å². The lowest BCUT2D eigenvalue weighted by molar-refractivity contribution is -0.155. The van der Waals surface area contributed by atoms with Crippen LogP contribution in [0.15, 0.2) is 24.3 Å². The molecule has 2 rings (SSSR count). The standard InChI is InChI=1S/C16H22F3N3O2/c1-21-8-3-9-22(11-10-21)15(23)20-14(16(17,18)19)12-4-6-13(24-2)7-5-12/h4-7,14H,3,8-11H2,1-2H3,(H,20,23). The third kappa shape index (κ3) is 4.77. The van der Waals surface area contributed by atoms with Crippen LogP contribution in [0.25, 0.3) is 0 Å². The van der Waals surface area contributed by atoms with E-state index in [9.17, 15) is 18.0 Å². The Morgan fingerprint density at radius 1 is 1.17 bits per heavy atom. The highest BCUT2D eigenvalue weighted by Gasteiger charge is 2.42. The summed E-state index contributed by atoms with van der Waals surface area (Å²) in [4.78, 5) is 15.8. The lowest BCUT2D eigenvalue weighted by Gasteiger charge is -2.27. The van der Waals surface area contributed by atoms with E-state index in [1.807, 2.05) is 7.05 Å². The van der Waals surface area contributed by atoms with Crippen molar-refractivity contribution in [1.82, 2.24) is 15.1 Å². The monoisotopic (exact) mass is 345 g/mol. The smallest absolute Gasteiger partial charge is 0.412 e. The molecule has 5 nitrogen and oxygen atoms in total. The van der Waals surface area contributed by atoms with Crippen LogP contribution in [-0.2, 0) is 0 Å². The quantitative estimate of drug-likeness (QED) is 0.916. The Morgan fingerprint density at radius 3 is 2.42 bits per heavy atom. The zero-order valence-electron chi connectivity index (χ0n) is 13.8. The number of alkyl halides is 3. The van der Waals surface area contributed by atoms with Gasteiger partial charge in [-0.1, -0.05) is 12.1 Å². The minimum atomic E-state index is -4.58. The molecule has 1 heterocycles. The lowest BCUT2D eigenvalue weighted by Crippen LogP contribution is -2.46. The van der Waals surface area contributed by atoms with E-state index >= 15 is 0 Å². The second-order valence-electron chi connectivity index (χ2n) is 5.84. The molecule has 0 spiro atoms. The molecule has 1 atom stereocenters. The highest BCUT2D eigenvalue weighted by Crippen LogP contribution is 2.33. The Kier molecular flexibility index (Phi) is 5.93. The summed E-state index contributed by atoms with van der Waals surface area (Å²) in [6, 6.07) is 2.78. The maximum Gasteiger partial charge on any atom is 0.412 e. The number of ether oxygens (including phenoxy) is 1. The van der Waals surface area contributed by atoms with Crippen molar-refractivity contribution in [3.63, 3.8) is 0 Å². The summed E-state index contributed by atoms with van der Waals surface area (Å²) in [5, 5.41) is 2.13. The number of carbonyl (C=O) groups is 1. The number of benzene rings is 1. The number of carbonyl (C=O) groups excluding carboxylic acids is 1. The number of rotatable bonds is 3. The third-order valence-electron chi connectivity index (χ3n) is 4.05. The molecule has 8 heteroatoms. The fourth-order valence-corrected chi connectivity index (χ4v) is 2.61. The third-order valence-corrected chi connectivity index (χ3v) is 4.05. The van der Waals surface area contributed by atoms with Crippen LogP contribution in [0.2, 0.25) is 0 Å². The number of amides is 2. The van der Waals surface area contributed by atoms with Crippen molar-refractivity contribution in [3.05, 3.63) is 29.8 Å². The van der Waals surface area contributed by atoms with E-state index in [1.165, 1.54) is 36.3 Å². The highest BCUT2D eigenvalue weighted by atomic mass is 19.4. The molecule has 0 aromatic heterocycles. The van der Waals surface area contributed by atoms with E-state index in [-0.39, 0.29) is 5.56 Å². The number of nitrogens with one attached hydrogen (secondary N) is 1. The van der Waals surface area contributed by atoms with Gasteiger partial charge in [0.1, 0.15) is 5.75 Å². The number of hydrogen-bond acceptors (Lipinski definition) is 3. The van der Waals surface area contributed by atoms with Crippen molar-refractivity contribution >= 4 is 6.03 Å². The summed E-state index contributed by atoms with van der Waals surface area (Å²) >= 11 is 0. The first-order chi connectivity index (χ1) is 11.3. The van der Waals surface area contributed by atoms with E-state index < -0.39 is 18.2 Å². The molecule has 1 saturated heterocycles. The van der Waals surface area contributed by atoms with Gasteiger partial charge in [0, 0.05) is 19.6 Å². The zero-order chi connectivity index (χ0) is 17.7. The minimum Gasteiger partial charge on any atom is -0.497 e. The minimum absolute atomic E-state index is 0.0245. The number of likely N-dealkylation sites (N-methyl/N-ethyl adjacent to an activating group) is 1. The van der Waals surface area contributed by atoms with E-state index in [0.29, 0.717) is 25.4 Å². The second kappa shape index (κ2) is 7.74. The summed E-state index contributed by atoms with van der Waals surface area (Å²) < 4.78 is 45.1. The van der Waals surface area contributed by atoms with Gasteiger partial charge >= 0.3 is 12.2 Å². The largest absolute Gasteiger partial charge is 0.497 e. The Bertz CT molecular complexity index is 548. The van der Waals surface area contributed by atoms with Gasteiger partial charge in [0.05, 0.1) is 7.11 Å². The molecule has 0 bridgehead atoms. The first-order valence-corrected chi connectivity index (χ1v) is 7.76. The predicted octanol–water partition coefficient (Wildman–Crippen LogP) is 2.65. The number of methoxy groups -OCH3 is 1. The van der Waals surface area contributed by atoms with Crippen LogP contribution in [-0.4, -0.2) is 62.3 Å². The Hall–Kier alpha value is -1.96. The summed E-state index contributed by atoms with van der Waals surface area (Å²) in [5.41, 5.74) is -0.0245. The Labute approximate surface area is 139 Å². The van der Waals surface area contributed by atoms with Gasteiger partial charge in [0.15, 0.2) is 6.04 Å². The number of hydrogen-bond donors (Lipinski definition) is 1. The molecular weight excluding hydrogens is 323 g/mol. The maximum atomic E-state index is 13.4. The van der Waals surface area contributed by atoms with Crippen LogP contribution < -0.4 is 10.1 Å². The van der Waals surface area contributed by atoms with Gasteiger partial charge in [0.25, 0.3) is 0 Å². The summed E-state index contributed by atoms with van der Waals surface area (Å²) in [7, 11) is 3.37. The second-order valence-corrected chi connectivity index (χ2v) is 5.84. The number of nitrogens with zero attached hydrogens (tertiary/aromatic N) is 2. The molecule has 1 aliphatic heterocycles. The molecule has 134 valence electrons. The molecule has 1 aromatic rings. The molecular formula is C16H22F3N3O2. The van der Waals surface area contributed by atoms with Gasteiger partial charge < -0.3 is 19.9 Å². The molecule has 0 radical (unpaired) electrons. The van der Waals surface area contributed by atoms with Gasteiger partial charge in [-0.2, -0.15) is 13.2 Å². The maximum absolute atomic E-state index is 13.4. The molecule has 1 fully saturated rings. The van der Waals surface area contributed by atoms with Crippen molar-refractivity contribution in [3.8, 4) is 5.75 Å². The first kappa shape index (κ1) is 18.4. The Morgan fingerprint density at radius 2 is 1.83 bits per heavy atom. The lowest BCUT2D eigenvalue weighted by atomic mass is 10.1. The van der Waals surface area contributed by atoms with Crippen molar-refractivity contribution in [2.45, 2.75) is 18.6 Å². The summed E-state index contributed by atoms with van der Waals surface area (Å²) in [6.45, 7) is 2.33. The fourth-order valence-electron chi connectivity index (χ4n) is 2.61. The molecule has 1 unspecified atom stereocenters. The van der Waals surface area contributed by atoms with Crippen molar-refractivity contribution in [2.24, 2.45) is 0 Å². The van der Waals surface area contributed by atoms with Gasteiger partial charge in [0.2, 0.25) is 0 Å². The van der Waals surface area contributed by atoms with Crippen molar-refractivity contribution < 1.29 is 22.7 Å². The van der Waals surface area contributed by atoms with E-state index in [0.717, 1.165) is 13.0 Å². The average Bonchev–Trinajstić information content (AvgIpc) is 2.76. The van der Waals surface area contributed by atoms with Gasteiger partial charge in [-0.15, -0.1) is 0 Å². The van der Waals surface area contributed by atoms with Crippen molar-refractivity contribution in [1.29, 1.82) is 0 Å². The van der Waals surface area contributed by atoms with Crippen LogP contribution in [0.5, 0.6) is 5.75 Å². The zero-order valence-corrected chi connectivity index (χ0v) is 13.8. The van der Waals surface area contributed by atoms with Gasteiger partial charge in [-0.25, -0.2) is 4.79 Å². The normalized spacial score (nSPS) is 18.0. The van der Waals surface area contributed by atoms with Crippen molar-refractivity contribution in [2.75, 3.05) is 40.3 Å². The molecule has 0 saturated carbocycles. The topological polar surface area (TPSA) is 44.8 Å².